The van der Waals surface area contributed by atoms with Crippen molar-refractivity contribution in [2.45, 2.75) is 25.6 Å². The van der Waals surface area contributed by atoms with Gasteiger partial charge < -0.3 is 20.1 Å². The van der Waals surface area contributed by atoms with Gasteiger partial charge in [-0.3, -0.25) is 4.79 Å². The number of carbonyl (C=O) groups excluding carboxylic acids is 1. The number of nitrogens with one attached hydrogen (secondary N) is 2. The molecule has 0 radical (unpaired) electrons. The van der Waals surface area contributed by atoms with Crippen molar-refractivity contribution in [2.75, 3.05) is 26.2 Å². The highest BCUT2D eigenvalue weighted by molar-refractivity contribution is 6.32. The fourth-order valence-corrected chi connectivity index (χ4v) is 2.23. The molecule has 0 aliphatic carbocycles. The van der Waals surface area contributed by atoms with Crippen molar-refractivity contribution in [2.24, 2.45) is 0 Å². The van der Waals surface area contributed by atoms with E-state index in [2.05, 4.69) is 10.6 Å². The van der Waals surface area contributed by atoms with Gasteiger partial charge in [0.2, 0.25) is 0 Å². The van der Waals surface area contributed by atoms with E-state index in [0.717, 1.165) is 13.0 Å². The summed E-state index contributed by atoms with van der Waals surface area (Å²) in [7, 11) is 0. The largest absolute Gasteiger partial charge is 0.487 e. The summed E-state index contributed by atoms with van der Waals surface area (Å²) in [6.07, 6.45) is 0.233. The molecule has 1 saturated heterocycles. The average molecular weight is 349 g/mol. The number of hydrogen-bond acceptors (Lipinski definition) is 4. The molecule has 1 aromatic rings. The first kappa shape index (κ1) is 19.0. The van der Waals surface area contributed by atoms with Gasteiger partial charge in [0.25, 0.3) is 5.91 Å². The Kier molecular flexibility index (Phi) is 8.56. The molecule has 22 heavy (non-hydrogen) atoms. The van der Waals surface area contributed by atoms with Crippen LogP contribution < -0.4 is 15.4 Å². The lowest BCUT2D eigenvalue weighted by molar-refractivity contribution is -0.134. The summed E-state index contributed by atoms with van der Waals surface area (Å²) < 4.78 is 11.2. The third-order valence-corrected chi connectivity index (χ3v) is 3.62. The first-order valence-corrected chi connectivity index (χ1v) is 7.59. The molecule has 2 N–H and O–H groups in total. The zero-order valence-electron chi connectivity index (χ0n) is 12.5. The Hall–Kier alpha value is -1.01. The molecular weight excluding hydrogens is 327 g/mol. The number of para-hydroxylation sites is 1. The second-order valence-electron chi connectivity index (χ2n) is 4.89. The molecule has 2 atom stereocenters. The van der Waals surface area contributed by atoms with E-state index < -0.39 is 6.10 Å². The van der Waals surface area contributed by atoms with Gasteiger partial charge in [-0.2, -0.15) is 0 Å². The zero-order valence-corrected chi connectivity index (χ0v) is 14.1. The number of morpholine rings is 1. The van der Waals surface area contributed by atoms with Crippen LogP contribution in [0.15, 0.2) is 24.3 Å². The number of amides is 1. The fourth-order valence-electron chi connectivity index (χ4n) is 2.05. The van der Waals surface area contributed by atoms with Crippen LogP contribution in [0.5, 0.6) is 5.75 Å². The molecule has 1 aliphatic rings. The highest BCUT2D eigenvalue weighted by atomic mass is 35.5. The maximum absolute atomic E-state index is 12.0. The number of hydrogen-bond donors (Lipinski definition) is 2. The summed E-state index contributed by atoms with van der Waals surface area (Å²) in [4.78, 5) is 12.0. The third-order valence-electron chi connectivity index (χ3n) is 3.31. The van der Waals surface area contributed by atoms with Crippen LogP contribution in [0.1, 0.15) is 13.3 Å². The number of benzene rings is 1. The summed E-state index contributed by atoms with van der Waals surface area (Å²) in [5.74, 6) is 0.527. The second kappa shape index (κ2) is 9.90. The lowest BCUT2D eigenvalue weighted by Crippen LogP contribution is -2.49. The lowest BCUT2D eigenvalue weighted by Gasteiger charge is -2.24. The van der Waals surface area contributed by atoms with E-state index in [1.54, 1.807) is 6.07 Å². The molecule has 0 spiro atoms. The predicted octanol–water partition coefficient (Wildman–Crippen LogP) is 2.02. The van der Waals surface area contributed by atoms with Crippen molar-refractivity contribution in [3.05, 3.63) is 29.3 Å². The number of ether oxygens (including phenoxy) is 2. The molecule has 1 aromatic carbocycles. The molecule has 1 heterocycles. The molecule has 1 aliphatic heterocycles. The summed E-state index contributed by atoms with van der Waals surface area (Å²) in [6.45, 7) is 4.34. The van der Waals surface area contributed by atoms with Crippen molar-refractivity contribution >= 4 is 29.9 Å². The van der Waals surface area contributed by atoms with Crippen molar-refractivity contribution < 1.29 is 14.3 Å². The van der Waals surface area contributed by atoms with Crippen LogP contribution >= 0.6 is 24.0 Å². The van der Waals surface area contributed by atoms with Crippen LogP contribution in [0.3, 0.4) is 0 Å². The first-order valence-electron chi connectivity index (χ1n) is 7.22. The molecule has 2 rings (SSSR count). The van der Waals surface area contributed by atoms with Gasteiger partial charge >= 0.3 is 0 Å². The number of rotatable bonds is 6. The molecule has 1 fully saturated rings. The zero-order chi connectivity index (χ0) is 15.1. The van der Waals surface area contributed by atoms with Crippen molar-refractivity contribution in [1.29, 1.82) is 0 Å². The Balaban J connectivity index is 0.00000242. The van der Waals surface area contributed by atoms with Gasteiger partial charge in [0.1, 0.15) is 18.0 Å². The molecule has 7 heteroatoms. The Labute approximate surface area is 142 Å². The van der Waals surface area contributed by atoms with Crippen LogP contribution in [0.4, 0.5) is 0 Å². The molecule has 2 unspecified atom stereocenters. The van der Waals surface area contributed by atoms with Crippen LogP contribution in [0, 0.1) is 0 Å². The molecule has 0 saturated carbocycles. The minimum Gasteiger partial charge on any atom is -0.487 e. The van der Waals surface area contributed by atoms with Gasteiger partial charge in [-0.15, -0.1) is 12.4 Å². The van der Waals surface area contributed by atoms with Crippen LogP contribution in [-0.2, 0) is 9.53 Å². The van der Waals surface area contributed by atoms with Gasteiger partial charge in [-0.05, 0) is 18.6 Å². The quantitative estimate of drug-likeness (QED) is 0.825. The van der Waals surface area contributed by atoms with Crippen LogP contribution in [0.25, 0.3) is 0 Å². The van der Waals surface area contributed by atoms with Crippen molar-refractivity contribution in [3.63, 3.8) is 0 Å². The minimum absolute atomic E-state index is 0. The van der Waals surface area contributed by atoms with E-state index in [0.29, 0.717) is 30.5 Å². The van der Waals surface area contributed by atoms with Gasteiger partial charge in [0.15, 0.2) is 0 Å². The minimum atomic E-state index is -0.420. The van der Waals surface area contributed by atoms with E-state index in [-0.39, 0.29) is 24.4 Å². The molecule has 0 aromatic heterocycles. The molecule has 5 nitrogen and oxygen atoms in total. The number of carbonyl (C=O) groups is 1. The van der Waals surface area contributed by atoms with Gasteiger partial charge in [-0.1, -0.05) is 30.7 Å². The average Bonchev–Trinajstić information content (AvgIpc) is 2.53. The topological polar surface area (TPSA) is 59.6 Å². The monoisotopic (exact) mass is 348 g/mol. The normalized spacial score (nSPS) is 18.9. The van der Waals surface area contributed by atoms with Gasteiger partial charge in [0, 0.05) is 13.1 Å². The summed E-state index contributed by atoms with van der Waals surface area (Å²) in [5.41, 5.74) is 0. The second-order valence-corrected chi connectivity index (χ2v) is 5.29. The molecular formula is C15H22Cl2N2O3. The molecule has 0 bridgehead atoms. The van der Waals surface area contributed by atoms with E-state index in [9.17, 15) is 4.79 Å². The van der Waals surface area contributed by atoms with E-state index in [1.807, 2.05) is 25.1 Å². The van der Waals surface area contributed by atoms with Crippen LogP contribution in [-0.4, -0.2) is 44.4 Å². The fraction of sp³-hybridized carbons (Fsp3) is 0.533. The molecule has 124 valence electrons. The SMILES string of the molecule is CCC(CNC(=O)C1CNCCO1)Oc1ccccc1Cl.Cl. The Morgan fingerprint density at radius 1 is 1.55 bits per heavy atom. The Bertz CT molecular complexity index is 468. The van der Waals surface area contributed by atoms with E-state index in [1.165, 1.54) is 0 Å². The highest BCUT2D eigenvalue weighted by Gasteiger charge is 2.22. The van der Waals surface area contributed by atoms with E-state index in [4.69, 9.17) is 21.1 Å². The van der Waals surface area contributed by atoms with E-state index >= 15 is 0 Å². The Morgan fingerprint density at radius 2 is 2.32 bits per heavy atom. The van der Waals surface area contributed by atoms with Crippen LogP contribution in [0.2, 0.25) is 5.02 Å². The highest BCUT2D eigenvalue weighted by Crippen LogP contribution is 2.24. The third kappa shape index (κ3) is 5.65. The standard InChI is InChI=1S/C15H21ClN2O3.ClH/c1-2-11(21-13-6-4-3-5-12(13)16)9-18-15(19)14-10-17-7-8-20-14;/h3-6,11,14,17H,2,7-10H2,1H3,(H,18,19);1H. The summed E-state index contributed by atoms with van der Waals surface area (Å²) >= 11 is 6.07. The maximum Gasteiger partial charge on any atom is 0.250 e. The maximum atomic E-state index is 12.0. The summed E-state index contributed by atoms with van der Waals surface area (Å²) in [6, 6.07) is 7.32. The van der Waals surface area contributed by atoms with Gasteiger partial charge in [0.05, 0.1) is 18.2 Å². The van der Waals surface area contributed by atoms with Crippen molar-refractivity contribution in [3.8, 4) is 5.75 Å². The van der Waals surface area contributed by atoms with Crippen molar-refractivity contribution in [1.82, 2.24) is 10.6 Å². The van der Waals surface area contributed by atoms with Gasteiger partial charge in [-0.25, -0.2) is 0 Å². The lowest BCUT2D eigenvalue weighted by atomic mass is 10.2. The molecule has 1 amide bonds. The number of halogens is 2. The smallest absolute Gasteiger partial charge is 0.250 e. The Morgan fingerprint density at radius 3 is 2.95 bits per heavy atom. The predicted molar refractivity (Wildman–Crippen MR) is 89.0 cm³/mol. The first-order chi connectivity index (χ1) is 10.2. The summed E-state index contributed by atoms with van der Waals surface area (Å²) in [5, 5.41) is 6.57.